The normalized spacial score (nSPS) is 14.1. The molecule has 9 nitrogen and oxygen atoms in total. The molecule has 8 aromatic rings. The zero-order valence-electron chi connectivity index (χ0n) is 32.7. The van der Waals surface area contributed by atoms with Gasteiger partial charge in [-0.1, -0.05) is 12.2 Å². The average Bonchev–Trinajstić information content (AvgIpc) is 3.80. The van der Waals surface area contributed by atoms with Crippen molar-refractivity contribution in [2.45, 2.75) is 46.0 Å². The van der Waals surface area contributed by atoms with E-state index in [-0.39, 0.29) is 36.4 Å². The zero-order valence-corrected chi connectivity index (χ0v) is 34.3. The zero-order chi connectivity index (χ0) is 38.5. The molecule has 4 aromatic carbocycles. The molecule has 0 bridgehead atoms. The summed E-state index contributed by atoms with van der Waals surface area (Å²) in [5, 5.41) is 32.8. The van der Waals surface area contributed by atoms with Crippen molar-refractivity contribution in [3.8, 4) is 22.3 Å². The summed E-state index contributed by atoms with van der Waals surface area (Å²) in [5.74, 6) is -0.536. The second-order valence-electron chi connectivity index (χ2n) is 15.0. The summed E-state index contributed by atoms with van der Waals surface area (Å²) in [4.78, 5) is 0. The topological polar surface area (TPSA) is 99.2 Å². The Bertz CT molecular complexity index is 2720. The van der Waals surface area contributed by atoms with E-state index in [1.54, 1.807) is 21.5 Å². The predicted molar refractivity (Wildman–Crippen MR) is 234 cm³/mol. The van der Waals surface area contributed by atoms with Crippen molar-refractivity contribution in [2.24, 2.45) is 14.1 Å². The Morgan fingerprint density at radius 3 is 1.53 bits per heavy atom. The van der Waals surface area contributed by atoms with Gasteiger partial charge in [0.25, 0.3) is 0 Å². The Morgan fingerprint density at radius 2 is 1.07 bits per heavy atom. The molecule has 5 heterocycles. The van der Waals surface area contributed by atoms with Crippen LogP contribution in [-0.4, -0.2) is 53.0 Å². The molecule has 0 radical (unpaired) electrons. The van der Waals surface area contributed by atoms with Crippen molar-refractivity contribution in [2.75, 3.05) is 13.1 Å². The van der Waals surface area contributed by atoms with Gasteiger partial charge in [-0.15, -0.1) is 35.0 Å². The Balaban J connectivity index is 0.000000171. The molecule has 0 spiro atoms. The Labute approximate surface area is 347 Å². The SMILES string of the molecule is Cc1cc(-c2cc(F)c3cc(C4=CCCCC4)nnc3c2)cc2cn(C)nc12.Cc1cc(-c2cc(F)c3cc(C4=CCNCC4)nnc3c2)cc2cn(C)nc12.Cl.Cl. The third-order valence-corrected chi connectivity index (χ3v) is 10.8. The van der Waals surface area contributed by atoms with E-state index in [1.165, 1.54) is 12.0 Å². The highest BCUT2D eigenvalue weighted by molar-refractivity contribution is 5.92. The van der Waals surface area contributed by atoms with E-state index in [0.717, 1.165) is 111 Å². The molecule has 1 N–H and O–H groups in total. The summed E-state index contributed by atoms with van der Waals surface area (Å²) >= 11 is 0. The van der Waals surface area contributed by atoms with Gasteiger partial charge in [0, 0.05) is 54.6 Å². The average molecular weight is 819 g/mol. The van der Waals surface area contributed by atoms with Gasteiger partial charge < -0.3 is 5.32 Å². The lowest BCUT2D eigenvalue weighted by Gasteiger charge is -2.13. The van der Waals surface area contributed by atoms with E-state index in [1.807, 2.05) is 88.9 Å². The Morgan fingerprint density at radius 1 is 0.569 bits per heavy atom. The summed E-state index contributed by atoms with van der Waals surface area (Å²) in [6, 6.07) is 18.8. The number of halogens is 4. The lowest BCUT2D eigenvalue weighted by atomic mass is 9.96. The molecule has 2 aliphatic rings. The van der Waals surface area contributed by atoms with Gasteiger partial charge in [-0.05, 0) is 158 Å². The van der Waals surface area contributed by atoms with Crippen molar-refractivity contribution in [1.29, 1.82) is 0 Å². The van der Waals surface area contributed by atoms with Crippen molar-refractivity contribution < 1.29 is 8.78 Å². The molecule has 0 saturated carbocycles. The van der Waals surface area contributed by atoms with Crippen LogP contribution in [-0.2, 0) is 14.1 Å². The maximum atomic E-state index is 15.0. The van der Waals surface area contributed by atoms with Gasteiger partial charge in [0.1, 0.15) is 11.6 Å². The third-order valence-electron chi connectivity index (χ3n) is 10.8. The summed E-state index contributed by atoms with van der Waals surface area (Å²) < 4.78 is 33.6. The number of fused-ring (bicyclic) bond motifs is 4. The number of hydrogen-bond acceptors (Lipinski definition) is 7. The maximum Gasteiger partial charge on any atom is 0.133 e. The van der Waals surface area contributed by atoms with Gasteiger partial charge in [-0.3, -0.25) is 9.36 Å². The highest BCUT2D eigenvalue weighted by Gasteiger charge is 2.16. The quantitative estimate of drug-likeness (QED) is 0.189. The predicted octanol–water partition coefficient (Wildman–Crippen LogP) is 10.4. The molecule has 13 heteroatoms. The molecule has 58 heavy (non-hydrogen) atoms. The number of nitrogens with one attached hydrogen (secondary N) is 1. The minimum absolute atomic E-state index is 0. The second-order valence-corrected chi connectivity index (χ2v) is 15.0. The molecule has 10 rings (SSSR count). The van der Waals surface area contributed by atoms with Crippen LogP contribution >= 0.6 is 24.8 Å². The van der Waals surface area contributed by atoms with Gasteiger partial charge in [-0.25, -0.2) is 8.78 Å². The minimum Gasteiger partial charge on any atom is -0.313 e. The lowest BCUT2D eigenvalue weighted by Crippen LogP contribution is -2.20. The van der Waals surface area contributed by atoms with Crippen LogP contribution in [0.5, 0.6) is 0 Å². The van der Waals surface area contributed by atoms with Crippen LogP contribution in [0, 0.1) is 25.5 Å². The summed E-state index contributed by atoms with van der Waals surface area (Å²) in [6.07, 6.45) is 13.6. The number of aryl methyl sites for hydroxylation is 4. The van der Waals surface area contributed by atoms with Gasteiger partial charge in [0.15, 0.2) is 0 Å². The molecular weight excluding hydrogens is 775 g/mol. The molecule has 1 aliphatic carbocycles. The molecular formula is C45H43Cl2F2N9. The molecule has 0 unspecified atom stereocenters. The first-order valence-electron chi connectivity index (χ1n) is 19.1. The third kappa shape index (κ3) is 7.94. The van der Waals surface area contributed by atoms with E-state index in [9.17, 15) is 8.78 Å². The number of hydrogen-bond donors (Lipinski definition) is 1. The number of aromatic nitrogens is 8. The van der Waals surface area contributed by atoms with E-state index in [4.69, 9.17) is 0 Å². The van der Waals surface area contributed by atoms with Crippen molar-refractivity contribution in [3.05, 3.63) is 119 Å². The van der Waals surface area contributed by atoms with Crippen molar-refractivity contribution in [3.63, 3.8) is 0 Å². The van der Waals surface area contributed by atoms with Crippen LogP contribution in [0.15, 0.2) is 85.2 Å². The van der Waals surface area contributed by atoms with Crippen molar-refractivity contribution >= 4 is 79.6 Å². The van der Waals surface area contributed by atoms with E-state index in [2.05, 4.69) is 48.1 Å². The fourth-order valence-electron chi connectivity index (χ4n) is 7.97. The standard InChI is InChI=1S/C23H21FN4.C22H20FN5.2ClH/c1-14-8-16(9-18-13-28(2)27-23(14)18)17-10-20(24)19-12-21(25-26-22(19)11-17)15-6-4-3-5-7-15;1-13-7-15(8-17-12-28(2)27-22(13)17)16-9-19(23)18-11-20(25-26-21(18)10-16)14-3-5-24-6-4-14;;/h6,8-13H,3-5,7H2,1-2H3;3,7-12,24H,4-6H2,1-2H3;2*1H. The lowest BCUT2D eigenvalue weighted by molar-refractivity contribution is 0.639. The van der Waals surface area contributed by atoms with Gasteiger partial charge >= 0.3 is 0 Å². The summed E-state index contributed by atoms with van der Waals surface area (Å²) in [7, 11) is 3.81. The number of nitrogens with zero attached hydrogens (tertiary/aromatic N) is 8. The second kappa shape index (κ2) is 16.7. The molecule has 4 aromatic heterocycles. The van der Waals surface area contributed by atoms with Crippen LogP contribution in [0.25, 0.3) is 77.0 Å². The highest BCUT2D eigenvalue weighted by Crippen LogP contribution is 2.34. The summed E-state index contributed by atoms with van der Waals surface area (Å²) in [5.41, 5.74) is 12.6. The van der Waals surface area contributed by atoms with Gasteiger partial charge in [-0.2, -0.15) is 20.4 Å². The highest BCUT2D eigenvalue weighted by atomic mass is 35.5. The molecule has 0 atom stereocenters. The molecule has 0 amide bonds. The van der Waals surface area contributed by atoms with E-state index >= 15 is 0 Å². The number of benzene rings is 4. The minimum atomic E-state index is -0.276. The van der Waals surface area contributed by atoms with Gasteiger partial charge in [0.2, 0.25) is 0 Å². The molecule has 1 aliphatic heterocycles. The first-order valence-corrected chi connectivity index (χ1v) is 19.1. The smallest absolute Gasteiger partial charge is 0.133 e. The van der Waals surface area contributed by atoms with Crippen LogP contribution in [0.2, 0.25) is 0 Å². The fourth-order valence-corrected chi connectivity index (χ4v) is 7.97. The monoisotopic (exact) mass is 817 g/mol. The van der Waals surface area contributed by atoms with Gasteiger partial charge in [0.05, 0.1) is 33.5 Å². The molecule has 0 fully saturated rings. The number of allylic oxidation sites excluding steroid dienone is 2. The first kappa shape index (κ1) is 40.6. The Kier molecular flexibility index (Phi) is 11.7. The van der Waals surface area contributed by atoms with E-state index in [0.29, 0.717) is 21.8 Å². The van der Waals surface area contributed by atoms with Crippen LogP contribution in [0.1, 0.15) is 54.6 Å². The van der Waals surface area contributed by atoms with Crippen molar-refractivity contribution in [1.82, 2.24) is 45.3 Å². The largest absolute Gasteiger partial charge is 0.313 e. The maximum absolute atomic E-state index is 15.0. The van der Waals surface area contributed by atoms with Crippen LogP contribution in [0.4, 0.5) is 8.78 Å². The molecule has 0 saturated heterocycles. The first-order chi connectivity index (χ1) is 27.2. The molecule has 296 valence electrons. The fraction of sp³-hybridized carbons (Fsp3) is 0.244. The number of rotatable bonds is 4. The Hall–Kier alpha value is -5.62. The van der Waals surface area contributed by atoms with E-state index < -0.39 is 0 Å². The van der Waals surface area contributed by atoms with Crippen LogP contribution in [0.3, 0.4) is 0 Å². The summed E-state index contributed by atoms with van der Waals surface area (Å²) in [6.45, 7) is 5.77. The van der Waals surface area contributed by atoms with Crippen LogP contribution < -0.4 is 5.32 Å².